The second-order valence-corrected chi connectivity index (χ2v) is 11.2. The van der Waals surface area contributed by atoms with Crippen molar-refractivity contribution in [3.05, 3.63) is 65.5 Å². The molecule has 0 fully saturated rings. The number of aryl methyl sites for hydroxylation is 2. The second-order valence-electron chi connectivity index (χ2n) is 9.38. The number of unbranched alkanes of at least 4 members (excludes halogenated alkanes) is 2. The van der Waals surface area contributed by atoms with Crippen molar-refractivity contribution in [2.24, 2.45) is 0 Å². The molecule has 0 aliphatic carbocycles. The number of anilines is 1. The normalized spacial score (nSPS) is 12.1. The summed E-state index contributed by atoms with van der Waals surface area (Å²) in [5, 5.41) is 1.04. The summed E-state index contributed by atoms with van der Waals surface area (Å²) >= 11 is 0. The number of nitrogen functional groups attached to an aromatic ring is 1. The molecule has 0 spiro atoms. The van der Waals surface area contributed by atoms with Crippen LogP contribution in [0.2, 0.25) is 0 Å². The fraction of sp³-hybridized carbons (Fsp3) is 0.429. The number of sulfonamides is 1. The van der Waals surface area contributed by atoms with E-state index in [9.17, 15) is 8.42 Å². The Morgan fingerprint density at radius 3 is 2.54 bits per heavy atom. The van der Waals surface area contributed by atoms with Crippen molar-refractivity contribution in [2.45, 2.75) is 57.7 Å². The van der Waals surface area contributed by atoms with Gasteiger partial charge in [0, 0.05) is 32.0 Å². The van der Waals surface area contributed by atoms with Gasteiger partial charge in [0.05, 0.1) is 23.4 Å². The van der Waals surface area contributed by atoms with Gasteiger partial charge in [-0.2, -0.15) is 0 Å². The van der Waals surface area contributed by atoms with Gasteiger partial charge < -0.3 is 15.0 Å². The van der Waals surface area contributed by atoms with Gasteiger partial charge in [0.1, 0.15) is 11.3 Å². The van der Waals surface area contributed by atoms with Gasteiger partial charge in [0.15, 0.2) is 5.82 Å². The van der Waals surface area contributed by atoms with E-state index in [2.05, 4.69) is 34.4 Å². The van der Waals surface area contributed by atoms with Crippen molar-refractivity contribution in [1.82, 2.24) is 19.3 Å². The minimum Gasteiger partial charge on any atom is -0.384 e. The molecule has 0 atom stereocenters. The molecule has 9 heteroatoms. The zero-order chi connectivity index (χ0) is 26.3. The van der Waals surface area contributed by atoms with Crippen LogP contribution >= 0.6 is 0 Å². The number of fused-ring (bicyclic) bond motifs is 3. The summed E-state index contributed by atoms with van der Waals surface area (Å²) in [6.45, 7) is 3.91. The molecule has 2 aromatic carbocycles. The van der Waals surface area contributed by atoms with Crippen LogP contribution in [0.1, 0.15) is 49.6 Å². The highest BCUT2D eigenvalue weighted by atomic mass is 32.2. The van der Waals surface area contributed by atoms with Crippen molar-refractivity contribution in [3.63, 3.8) is 0 Å². The molecule has 0 unspecified atom stereocenters. The SMILES string of the molecule is CCCCc1nc2c(N)nc3c(CCOC)cccc3c2n1CCCCNS(=O)(=O)Cc1ccccc1. The Bertz CT molecular complexity index is 1440. The van der Waals surface area contributed by atoms with Gasteiger partial charge in [-0.05, 0) is 36.8 Å². The monoisotopic (exact) mass is 523 g/mol. The third kappa shape index (κ3) is 6.66. The largest absolute Gasteiger partial charge is 0.384 e. The summed E-state index contributed by atoms with van der Waals surface area (Å²) < 4.78 is 35.3. The maximum absolute atomic E-state index is 12.5. The predicted octanol–water partition coefficient (Wildman–Crippen LogP) is 4.60. The maximum atomic E-state index is 12.5. The van der Waals surface area contributed by atoms with Crippen LogP contribution in [0.3, 0.4) is 0 Å². The summed E-state index contributed by atoms with van der Waals surface area (Å²) in [5.74, 6) is 1.44. The third-order valence-electron chi connectivity index (χ3n) is 6.56. The standard InChI is InChI=1S/C28H37N5O3S/c1-3-4-15-24-31-26-27(23-14-10-13-22(16-19-36-2)25(23)32-28(26)29)33(24)18-9-8-17-30-37(34,35)20-21-11-6-5-7-12-21/h5-7,10-14,30H,3-4,8-9,15-20H2,1-2H3,(H2,29,32). The van der Waals surface area contributed by atoms with Gasteiger partial charge >= 0.3 is 0 Å². The fourth-order valence-electron chi connectivity index (χ4n) is 4.69. The number of methoxy groups -OCH3 is 1. The molecule has 4 rings (SSSR count). The molecule has 198 valence electrons. The Morgan fingerprint density at radius 1 is 0.973 bits per heavy atom. The fourth-order valence-corrected chi connectivity index (χ4v) is 5.87. The molecule has 0 saturated heterocycles. The van der Waals surface area contributed by atoms with Crippen molar-refractivity contribution >= 4 is 37.8 Å². The van der Waals surface area contributed by atoms with Crippen LogP contribution in [0.5, 0.6) is 0 Å². The minimum atomic E-state index is -3.37. The lowest BCUT2D eigenvalue weighted by Crippen LogP contribution is -2.26. The molecule has 2 heterocycles. The zero-order valence-corrected chi connectivity index (χ0v) is 22.6. The summed E-state index contributed by atoms with van der Waals surface area (Å²) in [6, 6.07) is 15.4. The van der Waals surface area contributed by atoms with Crippen LogP contribution in [0.25, 0.3) is 21.9 Å². The quantitative estimate of drug-likeness (QED) is 0.234. The Labute approximate surface area is 219 Å². The first-order chi connectivity index (χ1) is 17.9. The van der Waals surface area contributed by atoms with Crippen LogP contribution in [0.4, 0.5) is 5.82 Å². The van der Waals surface area contributed by atoms with E-state index >= 15 is 0 Å². The second kappa shape index (κ2) is 12.5. The van der Waals surface area contributed by atoms with Gasteiger partial charge in [0.2, 0.25) is 10.0 Å². The third-order valence-corrected chi connectivity index (χ3v) is 7.91. The number of nitrogens with two attached hydrogens (primary N) is 1. The molecule has 0 bridgehead atoms. The molecule has 2 aromatic heterocycles. The smallest absolute Gasteiger partial charge is 0.215 e. The lowest BCUT2D eigenvalue weighted by molar-refractivity contribution is 0.202. The van der Waals surface area contributed by atoms with Crippen molar-refractivity contribution in [1.29, 1.82) is 0 Å². The molecule has 8 nitrogen and oxygen atoms in total. The first-order valence-electron chi connectivity index (χ1n) is 13.0. The van der Waals surface area contributed by atoms with Crippen molar-refractivity contribution < 1.29 is 13.2 Å². The highest BCUT2D eigenvalue weighted by Crippen LogP contribution is 2.31. The highest BCUT2D eigenvalue weighted by Gasteiger charge is 2.18. The Kier molecular flexibility index (Phi) is 9.13. The van der Waals surface area contributed by atoms with Crippen LogP contribution in [-0.2, 0) is 39.9 Å². The molecule has 0 amide bonds. The zero-order valence-electron chi connectivity index (χ0n) is 21.7. The van der Waals surface area contributed by atoms with Crippen LogP contribution < -0.4 is 10.5 Å². The number of hydrogen-bond donors (Lipinski definition) is 2. The highest BCUT2D eigenvalue weighted by molar-refractivity contribution is 7.88. The number of nitrogens with one attached hydrogen (secondary N) is 1. The first kappa shape index (κ1) is 27.0. The number of aromatic nitrogens is 3. The molecule has 0 radical (unpaired) electrons. The molecule has 4 aromatic rings. The summed E-state index contributed by atoms with van der Waals surface area (Å²) in [6.07, 6.45) is 5.25. The van der Waals surface area contributed by atoms with E-state index in [1.165, 1.54) is 0 Å². The molecule has 37 heavy (non-hydrogen) atoms. The van der Waals surface area contributed by atoms with E-state index in [1.54, 1.807) is 7.11 Å². The number of pyridine rings is 1. The van der Waals surface area contributed by atoms with E-state index in [0.29, 0.717) is 19.0 Å². The average Bonchev–Trinajstić information content (AvgIpc) is 3.25. The van der Waals surface area contributed by atoms with Crippen molar-refractivity contribution in [2.75, 3.05) is 26.0 Å². The maximum Gasteiger partial charge on any atom is 0.215 e. The number of imidazole rings is 1. The van der Waals surface area contributed by atoms with Crippen LogP contribution in [0.15, 0.2) is 48.5 Å². The number of benzene rings is 2. The average molecular weight is 524 g/mol. The van der Waals surface area contributed by atoms with Gasteiger partial charge in [-0.25, -0.2) is 23.1 Å². The van der Waals surface area contributed by atoms with E-state index in [4.69, 9.17) is 20.4 Å². The predicted molar refractivity (Wildman–Crippen MR) is 150 cm³/mol. The molecular weight excluding hydrogens is 486 g/mol. The van der Waals surface area contributed by atoms with Gasteiger partial charge in [0.25, 0.3) is 0 Å². The van der Waals surface area contributed by atoms with Gasteiger partial charge in [-0.15, -0.1) is 0 Å². The summed E-state index contributed by atoms with van der Waals surface area (Å²) in [7, 11) is -1.68. The van der Waals surface area contributed by atoms with Crippen LogP contribution in [-0.4, -0.2) is 43.2 Å². The Balaban J connectivity index is 1.54. The van der Waals surface area contributed by atoms with Crippen LogP contribution in [0, 0.1) is 0 Å². The topological polar surface area (TPSA) is 112 Å². The Morgan fingerprint density at radius 2 is 1.78 bits per heavy atom. The molecular formula is C28H37N5O3S. The lowest BCUT2D eigenvalue weighted by atomic mass is 10.1. The Hall–Kier alpha value is -3.01. The summed E-state index contributed by atoms with van der Waals surface area (Å²) in [4.78, 5) is 9.65. The van der Waals surface area contributed by atoms with E-state index in [-0.39, 0.29) is 5.75 Å². The van der Waals surface area contributed by atoms with E-state index in [0.717, 1.165) is 84.0 Å². The lowest BCUT2D eigenvalue weighted by Gasteiger charge is -2.13. The van der Waals surface area contributed by atoms with Gasteiger partial charge in [-0.3, -0.25) is 0 Å². The minimum absolute atomic E-state index is 0.00909. The molecule has 0 aliphatic heterocycles. The number of hydrogen-bond acceptors (Lipinski definition) is 6. The first-order valence-corrected chi connectivity index (χ1v) is 14.6. The molecule has 3 N–H and O–H groups in total. The number of ether oxygens (including phenoxy) is 1. The van der Waals surface area contributed by atoms with E-state index < -0.39 is 10.0 Å². The molecule has 0 saturated carbocycles. The molecule has 0 aliphatic rings. The van der Waals surface area contributed by atoms with Gasteiger partial charge in [-0.1, -0.05) is 61.9 Å². The van der Waals surface area contributed by atoms with Crippen molar-refractivity contribution in [3.8, 4) is 0 Å². The number of nitrogens with zero attached hydrogens (tertiary/aromatic N) is 3. The number of para-hydroxylation sites is 1. The van der Waals surface area contributed by atoms with E-state index in [1.807, 2.05) is 30.3 Å². The summed E-state index contributed by atoms with van der Waals surface area (Å²) in [5.41, 5.74) is 10.9. The number of rotatable bonds is 14.